The summed E-state index contributed by atoms with van der Waals surface area (Å²) in [5, 5.41) is 12.2. The molecule has 4 heteroatoms. The molecule has 0 bridgehead atoms. The average Bonchev–Trinajstić information content (AvgIpc) is 2.59. The summed E-state index contributed by atoms with van der Waals surface area (Å²) in [7, 11) is 0. The quantitative estimate of drug-likeness (QED) is 0.447. The molecule has 0 spiro atoms. The number of rotatable bonds is 15. The standard InChI is InChI=1S/C19H37N3O/c1-2-3-4-5-6-7-8-9-10-11-14-20-19-13-16-22(18-21-19)15-12-17-23/h13,18,20,23H,2-12,14-17H2,1H3. The summed E-state index contributed by atoms with van der Waals surface area (Å²) in [4.78, 5) is 6.54. The van der Waals surface area contributed by atoms with E-state index in [2.05, 4.69) is 28.2 Å². The van der Waals surface area contributed by atoms with E-state index in [1.807, 2.05) is 6.34 Å². The second-order valence-corrected chi connectivity index (χ2v) is 6.51. The van der Waals surface area contributed by atoms with E-state index in [0.29, 0.717) is 0 Å². The minimum absolute atomic E-state index is 0.248. The Balaban J connectivity index is 1.86. The van der Waals surface area contributed by atoms with Crippen LogP contribution in [0.25, 0.3) is 0 Å². The van der Waals surface area contributed by atoms with E-state index in [1.54, 1.807) is 0 Å². The summed E-state index contributed by atoms with van der Waals surface area (Å²) < 4.78 is 0. The Hall–Kier alpha value is -1.03. The lowest BCUT2D eigenvalue weighted by Crippen LogP contribution is -2.29. The van der Waals surface area contributed by atoms with Crippen LogP contribution in [0.2, 0.25) is 0 Å². The van der Waals surface area contributed by atoms with Crippen LogP contribution >= 0.6 is 0 Å². The molecular weight excluding hydrogens is 286 g/mol. The highest BCUT2D eigenvalue weighted by Crippen LogP contribution is 2.10. The maximum atomic E-state index is 8.82. The summed E-state index contributed by atoms with van der Waals surface area (Å²) in [5.41, 5.74) is 0. The van der Waals surface area contributed by atoms with Crippen LogP contribution in [0.1, 0.15) is 77.6 Å². The third kappa shape index (κ3) is 11.2. The van der Waals surface area contributed by atoms with Crippen molar-refractivity contribution in [3.63, 3.8) is 0 Å². The normalized spacial score (nSPS) is 14.2. The van der Waals surface area contributed by atoms with E-state index in [4.69, 9.17) is 5.11 Å². The largest absolute Gasteiger partial charge is 0.396 e. The van der Waals surface area contributed by atoms with Gasteiger partial charge in [-0.05, 0) is 18.9 Å². The smallest absolute Gasteiger partial charge is 0.125 e. The third-order valence-corrected chi connectivity index (χ3v) is 4.32. The molecule has 2 N–H and O–H groups in total. The SMILES string of the molecule is CCCCCCCCCCCCNC1=CCN(CCCO)C=N1. The Bertz CT molecular complexity index is 329. The number of nitrogens with zero attached hydrogens (tertiary/aromatic N) is 2. The number of hydrogen-bond donors (Lipinski definition) is 2. The van der Waals surface area contributed by atoms with Crippen molar-refractivity contribution in [2.45, 2.75) is 77.6 Å². The topological polar surface area (TPSA) is 47.9 Å². The molecule has 134 valence electrons. The summed E-state index contributed by atoms with van der Waals surface area (Å²) in [6.07, 6.45) is 18.6. The lowest BCUT2D eigenvalue weighted by molar-refractivity contribution is 0.271. The van der Waals surface area contributed by atoms with Crippen molar-refractivity contribution in [1.82, 2.24) is 10.2 Å². The van der Waals surface area contributed by atoms with Gasteiger partial charge in [0.2, 0.25) is 0 Å². The molecule has 23 heavy (non-hydrogen) atoms. The van der Waals surface area contributed by atoms with Crippen molar-refractivity contribution >= 4 is 6.34 Å². The fraction of sp³-hybridized carbons (Fsp3) is 0.842. The minimum Gasteiger partial charge on any atom is -0.396 e. The van der Waals surface area contributed by atoms with Crippen molar-refractivity contribution in [3.05, 3.63) is 11.9 Å². The highest BCUT2D eigenvalue weighted by atomic mass is 16.3. The Morgan fingerprint density at radius 3 is 2.22 bits per heavy atom. The van der Waals surface area contributed by atoms with E-state index in [0.717, 1.165) is 31.9 Å². The van der Waals surface area contributed by atoms with E-state index in [1.165, 1.54) is 64.2 Å². The summed E-state index contributed by atoms with van der Waals surface area (Å²) in [5.74, 6) is 1.00. The third-order valence-electron chi connectivity index (χ3n) is 4.32. The molecule has 1 heterocycles. The zero-order valence-corrected chi connectivity index (χ0v) is 15.1. The Labute approximate surface area is 143 Å². The van der Waals surface area contributed by atoms with Gasteiger partial charge in [0.1, 0.15) is 5.82 Å². The minimum atomic E-state index is 0.248. The molecule has 1 aliphatic heterocycles. The molecule has 0 radical (unpaired) electrons. The molecule has 1 aliphatic rings. The van der Waals surface area contributed by atoms with Crippen LogP contribution in [0.3, 0.4) is 0 Å². The van der Waals surface area contributed by atoms with Crippen molar-refractivity contribution in [2.75, 3.05) is 26.2 Å². The predicted octanol–water partition coefficient (Wildman–Crippen LogP) is 4.06. The highest BCUT2D eigenvalue weighted by Gasteiger charge is 2.04. The fourth-order valence-electron chi connectivity index (χ4n) is 2.82. The first kappa shape index (κ1) is 20.0. The van der Waals surface area contributed by atoms with E-state index >= 15 is 0 Å². The van der Waals surface area contributed by atoms with Crippen molar-refractivity contribution < 1.29 is 5.11 Å². The summed E-state index contributed by atoms with van der Waals surface area (Å²) >= 11 is 0. The molecule has 0 atom stereocenters. The van der Waals surface area contributed by atoms with Crippen LogP contribution < -0.4 is 5.32 Å². The summed E-state index contributed by atoms with van der Waals surface area (Å²) in [6.45, 7) is 5.32. The van der Waals surface area contributed by atoms with Gasteiger partial charge in [-0.3, -0.25) is 0 Å². The first-order valence-electron chi connectivity index (χ1n) is 9.70. The molecule has 0 unspecified atom stereocenters. The van der Waals surface area contributed by atoms with Crippen molar-refractivity contribution in [2.24, 2.45) is 4.99 Å². The molecule has 0 aromatic heterocycles. The molecule has 1 rings (SSSR count). The van der Waals surface area contributed by atoms with Gasteiger partial charge in [-0.2, -0.15) is 0 Å². The maximum absolute atomic E-state index is 8.82. The molecule has 0 aromatic carbocycles. The van der Waals surface area contributed by atoms with Gasteiger partial charge >= 0.3 is 0 Å². The lowest BCUT2D eigenvalue weighted by atomic mass is 10.1. The monoisotopic (exact) mass is 323 g/mol. The molecule has 4 nitrogen and oxygen atoms in total. The van der Waals surface area contributed by atoms with Crippen LogP contribution in [0.5, 0.6) is 0 Å². The van der Waals surface area contributed by atoms with Gasteiger partial charge in [-0.25, -0.2) is 4.99 Å². The van der Waals surface area contributed by atoms with Gasteiger partial charge in [-0.1, -0.05) is 64.7 Å². The van der Waals surface area contributed by atoms with Gasteiger partial charge in [0, 0.05) is 26.2 Å². The number of hydrogen-bond acceptors (Lipinski definition) is 4. The van der Waals surface area contributed by atoms with Crippen LogP contribution in [-0.2, 0) is 0 Å². The average molecular weight is 324 g/mol. The van der Waals surface area contributed by atoms with E-state index in [9.17, 15) is 0 Å². The van der Waals surface area contributed by atoms with Gasteiger partial charge in [0.25, 0.3) is 0 Å². The highest BCUT2D eigenvalue weighted by molar-refractivity contribution is 5.58. The summed E-state index contributed by atoms with van der Waals surface area (Å²) in [6, 6.07) is 0. The maximum Gasteiger partial charge on any atom is 0.125 e. The molecule has 0 fully saturated rings. The molecule has 0 amide bonds. The molecule has 0 saturated heterocycles. The molecule has 0 saturated carbocycles. The fourth-order valence-corrected chi connectivity index (χ4v) is 2.82. The lowest BCUT2D eigenvalue weighted by Gasteiger charge is -2.21. The van der Waals surface area contributed by atoms with Crippen LogP contribution in [0.4, 0.5) is 0 Å². The second-order valence-electron chi connectivity index (χ2n) is 6.51. The van der Waals surface area contributed by atoms with Crippen molar-refractivity contribution in [3.8, 4) is 0 Å². The zero-order valence-electron chi connectivity index (χ0n) is 15.1. The van der Waals surface area contributed by atoms with Gasteiger partial charge in [-0.15, -0.1) is 0 Å². The van der Waals surface area contributed by atoms with E-state index in [-0.39, 0.29) is 6.61 Å². The van der Waals surface area contributed by atoms with Gasteiger partial charge in [0.05, 0.1) is 6.34 Å². The number of unbranched alkanes of at least 4 members (excludes halogenated alkanes) is 9. The molecular formula is C19H37N3O. The molecule has 0 aromatic rings. The Morgan fingerprint density at radius 1 is 1.00 bits per heavy atom. The van der Waals surface area contributed by atoms with Crippen LogP contribution in [0.15, 0.2) is 16.9 Å². The Kier molecular flexibility index (Phi) is 12.7. The van der Waals surface area contributed by atoms with E-state index < -0.39 is 0 Å². The zero-order chi connectivity index (χ0) is 16.6. The van der Waals surface area contributed by atoms with Crippen LogP contribution in [0, 0.1) is 0 Å². The van der Waals surface area contributed by atoms with Gasteiger partial charge in [0.15, 0.2) is 0 Å². The number of nitrogens with one attached hydrogen (secondary N) is 1. The van der Waals surface area contributed by atoms with Crippen molar-refractivity contribution in [1.29, 1.82) is 0 Å². The first-order chi connectivity index (χ1) is 11.4. The van der Waals surface area contributed by atoms with Crippen LogP contribution in [-0.4, -0.2) is 42.6 Å². The Morgan fingerprint density at radius 2 is 1.65 bits per heavy atom. The number of aliphatic hydroxyl groups excluding tert-OH is 1. The van der Waals surface area contributed by atoms with Gasteiger partial charge < -0.3 is 15.3 Å². The number of aliphatic imine (C=N–C) groups is 1. The molecule has 0 aliphatic carbocycles. The second kappa shape index (κ2) is 14.6. The first-order valence-corrected chi connectivity index (χ1v) is 9.70. The number of aliphatic hydroxyl groups is 1. The predicted molar refractivity (Wildman–Crippen MR) is 99.7 cm³/mol.